The van der Waals surface area contributed by atoms with Crippen LogP contribution in [0.4, 0.5) is 10.5 Å². The van der Waals surface area contributed by atoms with Gasteiger partial charge in [0.05, 0.1) is 10.7 Å². The highest BCUT2D eigenvalue weighted by molar-refractivity contribution is 6.35. The third-order valence-electron chi connectivity index (χ3n) is 3.78. The van der Waals surface area contributed by atoms with Gasteiger partial charge in [0, 0.05) is 24.7 Å². The van der Waals surface area contributed by atoms with Crippen molar-refractivity contribution >= 4 is 35.0 Å². The van der Waals surface area contributed by atoms with Gasteiger partial charge in [-0.15, -0.1) is 0 Å². The molecule has 1 aliphatic rings. The number of nitrogens with zero attached hydrogens (tertiary/aromatic N) is 1. The van der Waals surface area contributed by atoms with Crippen LogP contribution in [-0.4, -0.2) is 36.2 Å². The lowest BCUT2D eigenvalue weighted by Gasteiger charge is -2.33. The molecular weight excluding hydrogens is 335 g/mol. The molecule has 6 heteroatoms. The van der Waals surface area contributed by atoms with E-state index in [9.17, 15) is 4.79 Å². The van der Waals surface area contributed by atoms with E-state index >= 15 is 0 Å². The highest BCUT2D eigenvalue weighted by Gasteiger charge is 2.26. The number of piperidine rings is 1. The second-order valence-corrected chi connectivity index (χ2v) is 7.76. The molecule has 1 heterocycles. The third kappa shape index (κ3) is 5.78. The molecule has 128 valence electrons. The second kappa shape index (κ2) is 7.63. The zero-order chi connectivity index (χ0) is 17.0. The first-order valence-electron chi connectivity index (χ1n) is 7.91. The molecule has 0 spiro atoms. The smallest absolute Gasteiger partial charge is 0.410 e. The molecule has 1 N–H and O–H groups in total. The molecule has 0 aliphatic carbocycles. The Balaban J connectivity index is 1.79. The van der Waals surface area contributed by atoms with Crippen molar-refractivity contribution < 1.29 is 9.53 Å². The fourth-order valence-corrected chi connectivity index (χ4v) is 2.89. The standard InChI is InChI=1S/C17H24Cl2N2O2/c1-17(2,3)23-16(22)21-8-6-12(7-9-21)11-20-15-10-13(18)4-5-14(15)19/h4-5,10,12,20H,6-9,11H2,1-3H3. The van der Waals surface area contributed by atoms with Gasteiger partial charge < -0.3 is 15.0 Å². The van der Waals surface area contributed by atoms with Gasteiger partial charge >= 0.3 is 6.09 Å². The maximum absolute atomic E-state index is 12.0. The van der Waals surface area contributed by atoms with Crippen molar-refractivity contribution in [2.24, 2.45) is 5.92 Å². The lowest BCUT2D eigenvalue weighted by molar-refractivity contribution is 0.0188. The van der Waals surface area contributed by atoms with Crippen LogP contribution in [0.25, 0.3) is 0 Å². The van der Waals surface area contributed by atoms with E-state index in [-0.39, 0.29) is 6.09 Å². The number of benzene rings is 1. The molecule has 2 rings (SSSR count). The Morgan fingerprint density at radius 2 is 1.96 bits per heavy atom. The molecule has 4 nitrogen and oxygen atoms in total. The maximum atomic E-state index is 12.0. The molecule has 1 aromatic rings. The van der Waals surface area contributed by atoms with Gasteiger partial charge in [-0.05, 0) is 57.7 Å². The second-order valence-electron chi connectivity index (χ2n) is 6.92. The van der Waals surface area contributed by atoms with Crippen molar-refractivity contribution in [2.75, 3.05) is 25.0 Å². The van der Waals surface area contributed by atoms with Crippen LogP contribution < -0.4 is 5.32 Å². The number of hydrogen-bond donors (Lipinski definition) is 1. The summed E-state index contributed by atoms with van der Waals surface area (Å²) in [5.74, 6) is 0.503. The number of rotatable bonds is 3. The summed E-state index contributed by atoms with van der Waals surface area (Å²) in [7, 11) is 0. The molecule has 0 aromatic heterocycles. The number of amides is 1. The van der Waals surface area contributed by atoms with Crippen molar-refractivity contribution in [1.82, 2.24) is 4.90 Å². The van der Waals surface area contributed by atoms with Crippen molar-refractivity contribution in [3.8, 4) is 0 Å². The molecule has 0 radical (unpaired) electrons. The monoisotopic (exact) mass is 358 g/mol. The molecule has 1 fully saturated rings. The van der Waals surface area contributed by atoms with Crippen LogP contribution in [0.15, 0.2) is 18.2 Å². The van der Waals surface area contributed by atoms with E-state index in [1.54, 1.807) is 17.0 Å². The molecule has 0 atom stereocenters. The van der Waals surface area contributed by atoms with Gasteiger partial charge in [-0.2, -0.15) is 0 Å². The summed E-state index contributed by atoms with van der Waals surface area (Å²) < 4.78 is 5.41. The summed E-state index contributed by atoms with van der Waals surface area (Å²) in [4.78, 5) is 13.8. The molecule has 0 unspecified atom stereocenters. The molecule has 1 amide bonds. The largest absolute Gasteiger partial charge is 0.444 e. The Morgan fingerprint density at radius 1 is 1.30 bits per heavy atom. The topological polar surface area (TPSA) is 41.6 Å². The average molecular weight is 359 g/mol. The Hall–Kier alpha value is -1.13. The van der Waals surface area contributed by atoms with Crippen LogP contribution in [0.1, 0.15) is 33.6 Å². The summed E-state index contributed by atoms with van der Waals surface area (Å²) in [5, 5.41) is 4.69. The summed E-state index contributed by atoms with van der Waals surface area (Å²) in [6.45, 7) is 7.93. The minimum atomic E-state index is -0.446. The molecular formula is C17H24Cl2N2O2. The number of ether oxygens (including phenoxy) is 1. The quantitative estimate of drug-likeness (QED) is 0.821. The van der Waals surface area contributed by atoms with Crippen LogP contribution >= 0.6 is 23.2 Å². The fourth-order valence-electron chi connectivity index (χ4n) is 2.53. The van der Waals surface area contributed by atoms with Crippen molar-refractivity contribution in [1.29, 1.82) is 0 Å². The van der Waals surface area contributed by atoms with Gasteiger partial charge in [0.25, 0.3) is 0 Å². The maximum Gasteiger partial charge on any atom is 0.410 e. The first-order chi connectivity index (χ1) is 10.7. The Bertz CT molecular complexity index is 550. The van der Waals surface area contributed by atoms with Crippen LogP contribution in [0.2, 0.25) is 10.0 Å². The first-order valence-corrected chi connectivity index (χ1v) is 8.67. The van der Waals surface area contributed by atoms with Crippen LogP contribution in [0.3, 0.4) is 0 Å². The summed E-state index contributed by atoms with van der Waals surface area (Å²) >= 11 is 12.1. The fraction of sp³-hybridized carbons (Fsp3) is 0.588. The normalized spacial score (nSPS) is 16.3. The van der Waals surface area contributed by atoms with Gasteiger partial charge in [-0.25, -0.2) is 4.79 Å². The molecule has 0 bridgehead atoms. The molecule has 1 aliphatic heterocycles. The van der Waals surface area contributed by atoms with Gasteiger partial charge in [-0.1, -0.05) is 23.2 Å². The van der Waals surface area contributed by atoms with Gasteiger partial charge in [-0.3, -0.25) is 0 Å². The Kier molecular flexibility index (Phi) is 6.04. The SMILES string of the molecule is CC(C)(C)OC(=O)N1CCC(CNc2cc(Cl)ccc2Cl)CC1. The molecule has 23 heavy (non-hydrogen) atoms. The summed E-state index contributed by atoms with van der Waals surface area (Å²) in [6, 6.07) is 5.39. The number of halogens is 2. The van der Waals surface area contributed by atoms with Crippen molar-refractivity contribution in [2.45, 2.75) is 39.2 Å². The van der Waals surface area contributed by atoms with Crippen LogP contribution in [0.5, 0.6) is 0 Å². The zero-order valence-electron chi connectivity index (χ0n) is 13.9. The number of carbonyl (C=O) groups is 1. The predicted octanol–water partition coefficient (Wildman–Crippen LogP) is 5.05. The van der Waals surface area contributed by atoms with Crippen LogP contribution in [0, 0.1) is 5.92 Å². The lowest BCUT2D eigenvalue weighted by atomic mass is 9.97. The van der Waals surface area contributed by atoms with E-state index in [1.807, 2.05) is 26.8 Å². The van der Waals surface area contributed by atoms with Crippen molar-refractivity contribution in [3.05, 3.63) is 28.2 Å². The zero-order valence-corrected chi connectivity index (χ0v) is 15.4. The van der Waals surface area contributed by atoms with E-state index < -0.39 is 5.60 Å². The van der Waals surface area contributed by atoms with Crippen LogP contribution in [-0.2, 0) is 4.74 Å². The van der Waals surface area contributed by atoms with Crippen molar-refractivity contribution in [3.63, 3.8) is 0 Å². The predicted molar refractivity (Wildman–Crippen MR) is 95.5 cm³/mol. The number of nitrogens with one attached hydrogen (secondary N) is 1. The average Bonchev–Trinajstić information content (AvgIpc) is 2.47. The first kappa shape index (κ1) is 18.2. The summed E-state index contributed by atoms with van der Waals surface area (Å²) in [6.07, 6.45) is 1.68. The summed E-state index contributed by atoms with van der Waals surface area (Å²) in [5.41, 5.74) is 0.410. The number of carbonyl (C=O) groups excluding carboxylic acids is 1. The minimum absolute atomic E-state index is 0.221. The number of anilines is 1. The highest BCUT2D eigenvalue weighted by Crippen LogP contribution is 2.27. The van der Waals surface area contributed by atoms with E-state index in [1.165, 1.54) is 0 Å². The Labute approximate surface area is 148 Å². The van der Waals surface area contributed by atoms with Gasteiger partial charge in [0.2, 0.25) is 0 Å². The Morgan fingerprint density at radius 3 is 2.57 bits per heavy atom. The van der Waals surface area contributed by atoms with E-state index in [2.05, 4.69) is 5.32 Å². The minimum Gasteiger partial charge on any atom is -0.444 e. The lowest BCUT2D eigenvalue weighted by Crippen LogP contribution is -2.42. The van der Waals surface area contributed by atoms with E-state index in [0.717, 1.165) is 38.2 Å². The highest BCUT2D eigenvalue weighted by atomic mass is 35.5. The third-order valence-corrected chi connectivity index (χ3v) is 4.34. The van der Waals surface area contributed by atoms with Gasteiger partial charge in [0.15, 0.2) is 0 Å². The number of hydrogen-bond acceptors (Lipinski definition) is 3. The molecule has 0 saturated carbocycles. The van der Waals surface area contributed by atoms with E-state index in [4.69, 9.17) is 27.9 Å². The van der Waals surface area contributed by atoms with E-state index in [0.29, 0.717) is 16.0 Å². The molecule has 1 aromatic carbocycles. The van der Waals surface area contributed by atoms with Gasteiger partial charge in [0.1, 0.15) is 5.60 Å². The molecule has 1 saturated heterocycles. The number of likely N-dealkylation sites (tertiary alicyclic amines) is 1.